The summed E-state index contributed by atoms with van der Waals surface area (Å²) in [6.45, 7) is 7.05. The average molecular weight is 259 g/mol. The lowest BCUT2D eigenvalue weighted by Crippen LogP contribution is -1.98. The topological polar surface area (TPSA) is 37.8 Å². The molecule has 18 heavy (non-hydrogen) atoms. The summed E-state index contributed by atoms with van der Waals surface area (Å²) < 4.78 is 0. The zero-order chi connectivity index (χ0) is 13.0. The molecule has 2 aromatic heterocycles. The molecule has 0 atom stereocenters. The van der Waals surface area contributed by atoms with E-state index in [4.69, 9.17) is 0 Å². The highest BCUT2D eigenvalue weighted by atomic mass is 32.2. The summed E-state index contributed by atoms with van der Waals surface area (Å²) in [7, 11) is 0. The van der Waals surface area contributed by atoms with E-state index in [1.165, 1.54) is 5.56 Å². The van der Waals surface area contributed by atoms with Crippen molar-refractivity contribution in [2.45, 2.75) is 30.7 Å². The molecular formula is C14H17N3S. The van der Waals surface area contributed by atoms with E-state index >= 15 is 0 Å². The van der Waals surface area contributed by atoms with Crippen LogP contribution in [0.25, 0.3) is 0 Å². The van der Waals surface area contributed by atoms with Crippen LogP contribution in [-0.2, 0) is 0 Å². The number of pyridine rings is 2. The number of aromatic nitrogens is 2. The molecule has 0 bridgehead atoms. The predicted molar refractivity (Wildman–Crippen MR) is 76.2 cm³/mol. The number of aryl methyl sites for hydroxylation is 2. The number of rotatable bonds is 4. The van der Waals surface area contributed by atoms with Crippen LogP contribution in [0.2, 0.25) is 0 Å². The Bertz CT molecular complexity index is 520. The van der Waals surface area contributed by atoms with Gasteiger partial charge in [-0.2, -0.15) is 0 Å². The number of anilines is 1. The average Bonchev–Trinajstić information content (AvgIpc) is 2.28. The third-order valence-electron chi connectivity index (χ3n) is 2.39. The lowest BCUT2D eigenvalue weighted by atomic mass is 10.3. The molecule has 2 heterocycles. The monoisotopic (exact) mass is 259 g/mol. The minimum atomic E-state index is 0.878. The second kappa shape index (κ2) is 5.87. The molecule has 0 aromatic carbocycles. The lowest BCUT2D eigenvalue weighted by molar-refractivity contribution is 1.05. The van der Waals surface area contributed by atoms with Crippen molar-refractivity contribution >= 4 is 17.6 Å². The fourth-order valence-corrected chi connectivity index (χ4v) is 2.71. The molecule has 0 aliphatic heterocycles. The highest BCUT2D eigenvalue weighted by Gasteiger charge is 2.02. The molecule has 0 saturated heterocycles. The fourth-order valence-electron chi connectivity index (χ4n) is 1.73. The smallest absolute Gasteiger partial charge is 0.126 e. The van der Waals surface area contributed by atoms with Crippen molar-refractivity contribution < 1.29 is 0 Å². The van der Waals surface area contributed by atoms with E-state index < -0.39 is 0 Å². The molecular weight excluding hydrogens is 242 g/mol. The number of hydrogen-bond acceptors (Lipinski definition) is 4. The van der Waals surface area contributed by atoms with Gasteiger partial charge in [-0.15, -0.1) is 0 Å². The SMILES string of the molecule is CCNc1cc(Sc2cc(C)cc(C)n2)ccn1. The van der Waals surface area contributed by atoms with Crippen LogP contribution in [0.15, 0.2) is 40.4 Å². The van der Waals surface area contributed by atoms with Gasteiger partial charge >= 0.3 is 0 Å². The minimum absolute atomic E-state index is 0.878. The van der Waals surface area contributed by atoms with Crippen LogP contribution in [0.5, 0.6) is 0 Å². The zero-order valence-electron chi connectivity index (χ0n) is 10.9. The second-order valence-corrected chi connectivity index (χ2v) is 5.23. The number of nitrogens with one attached hydrogen (secondary N) is 1. The predicted octanol–water partition coefficient (Wildman–Crippen LogP) is 3.68. The van der Waals surface area contributed by atoms with E-state index in [0.29, 0.717) is 0 Å². The highest BCUT2D eigenvalue weighted by Crippen LogP contribution is 2.27. The molecule has 2 rings (SSSR count). The van der Waals surface area contributed by atoms with Crippen LogP contribution in [0, 0.1) is 13.8 Å². The van der Waals surface area contributed by atoms with E-state index in [2.05, 4.69) is 41.3 Å². The van der Waals surface area contributed by atoms with Gasteiger partial charge in [0.25, 0.3) is 0 Å². The lowest BCUT2D eigenvalue weighted by Gasteiger charge is -2.06. The van der Waals surface area contributed by atoms with Crippen molar-refractivity contribution in [1.82, 2.24) is 9.97 Å². The minimum Gasteiger partial charge on any atom is -0.370 e. The van der Waals surface area contributed by atoms with Crippen molar-refractivity contribution in [3.05, 3.63) is 41.7 Å². The Labute approximate surface area is 112 Å². The Morgan fingerprint density at radius 3 is 2.78 bits per heavy atom. The first kappa shape index (κ1) is 12.9. The molecule has 1 N–H and O–H groups in total. The van der Waals surface area contributed by atoms with Gasteiger partial charge in [-0.25, -0.2) is 9.97 Å². The summed E-state index contributed by atoms with van der Waals surface area (Å²) in [6.07, 6.45) is 1.82. The van der Waals surface area contributed by atoms with Crippen LogP contribution in [0.4, 0.5) is 5.82 Å². The van der Waals surface area contributed by atoms with Crippen molar-refractivity contribution in [2.24, 2.45) is 0 Å². The molecule has 3 nitrogen and oxygen atoms in total. The molecule has 0 spiro atoms. The molecule has 0 radical (unpaired) electrons. The largest absolute Gasteiger partial charge is 0.370 e. The summed E-state index contributed by atoms with van der Waals surface area (Å²) >= 11 is 1.66. The van der Waals surface area contributed by atoms with Gasteiger partial charge in [0.05, 0.1) is 0 Å². The molecule has 0 aliphatic rings. The van der Waals surface area contributed by atoms with E-state index in [-0.39, 0.29) is 0 Å². The molecule has 0 unspecified atom stereocenters. The molecule has 0 aliphatic carbocycles. The van der Waals surface area contributed by atoms with Crippen LogP contribution in [0.1, 0.15) is 18.2 Å². The molecule has 0 amide bonds. The van der Waals surface area contributed by atoms with Crippen LogP contribution in [-0.4, -0.2) is 16.5 Å². The Morgan fingerprint density at radius 1 is 1.22 bits per heavy atom. The maximum absolute atomic E-state index is 4.53. The van der Waals surface area contributed by atoms with Gasteiger partial charge in [-0.3, -0.25) is 0 Å². The first-order chi connectivity index (χ1) is 8.67. The summed E-state index contributed by atoms with van der Waals surface area (Å²) in [4.78, 5) is 9.94. The number of hydrogen-bond donors (Lipinski definition) is 1. The summed E-state index contributed by atoms with van der Waals surface area (Å²) in [5.41, 5.74) is 2.30. The summed E-state index contributed by atoms with van der Waals surface area (Å²) in [5.74, 6) is 0.909. The molecule has 94 valence electrons. The first-order valence-corrected chi connectivity index (χ1v) is 6.82. The second-order valence-electron chi connectivity index (χ2n) is 4.13. The van der Waals surface area contributed by atoms with Crippen LogP contribution in [0.3, 0.4) is 0 Å². The molecule has 4 heteroatoms. The summed E-state index contributed by atoms with van der Waals surface area (Å²) in [6, 6.07) is 8.24. The normalized spacial score (nSPS) is 10.4. The summed E-state index contributed by atoms with van der Waals surface area (Å²) in [5, 5.41) is 4.24. The van der Waals surface area contributed by atoms with E-state index in [0.717, 1.165) is 28.0 Å². The van der Waals surface area contributed by atoms with Gasteiger partial charge in [0.1, 0.15) is 10.8 Å². The van der Waals surface area contributed by atoms with Crippen LogP contribution >= 0.6 is 11.8 Å². The Kier molecular flexibility index (Phi) is 4.20. The van der Waals surface area contributed by atoms with Crippen LogP contribution < -0.4 is 5.32 Å². The standard InChI is InChI=1S/C14H17N3S/c1-4-15-13-9-12(5-6-16-13)18-14-8-10(2)7-11(3)17-14/h5-9H,4H2,1-3H3,(H,15,16). The van der Waals surface area contributed by atoms with E-state index in [1.54, 1.807) is 11.8 Å². The molecule has 2 aromatic rings. The Balaban J connectivity index is 2.20. The fraction of sp³-hybridized carbons (Fsp3) is 0.286. The van der Waals surface area contributed by atoms with Crippen molar-refractivity contribution in [3.63, 3.8) is 0 Å². The molecule has 0 fully saturated rings. The third kappa shape index (κ3) is 3.47. The van der Waals surface area contributed by atoms with Gasteiger partial charge in [0.2, 0.25) is 0 Å². The molecule has 0 saturated carbocycles. The third-order valence-corrected chi connectivity index (χ3v) is 3.29. The van der Waals surface area contributed by atoms with Crippen molar-refractivity contribution in [1.29, 1.82) is 0 Å². The van der Waals surface area contributed by atoms with Gasteiger partial charge in [0.15, 0.2) is 0 Å². The van der Waals surface area contributed by atoms with E-state index in [1.807, 2.05) is 25.3 Å². The quantitative estimate of drug-likeness (QED) is 0.909. The highest BCUT2D eigenvalue weighted by molar-refractivity contribution is 7.99. The Morgan fingerprint density at radius 2 is 2.06 bits per heavy atom. The van der Waals surface area contributed by atoms with Gasteiger partial charge < -0.3 is 5.32 Å². The maximum atomic E-state index is 4.53. The van der Waals surface area contributed by atoms with Crippen molar-refractivity contribution in [3.8, 4) is 0 Å². The first-order valence-electron chi connectivity index (χ1n) is 6.00. The van der Waals surface area contributed by atoms with Gasteiger partial charge in [0, 0.05) is 23.3 Å². The zero-order valence-corrected chi connectivity index (χ0v) is 11.7. The van der Waals surface area contributed by atoms with Gasteiger partial charge in [-0.1, -0.05) is 11.8 Å². The Hall–Kier alpha value is -1.55. The van der Waals surface area contributed by atoms with Crippen molar-refractivity contribution in [2.75, 3.05) is 11.9 Å². The number of nitrogens with zero attached hydrogens (tertiary/aromatic N) is 2. The van der Waals surface area contributed by atoms with Gasteiger partial charge in [-0.05, 0) is 50.6 Å². The maximum Gasteiger partial charge on any atom is 0.126 e. The van der Waals surface area contributed by atoms with E-state index in [9.17, 15) is 0 Å².